The fraction of sp³-hybridized carbons (Fsp3) is 0.214. The van der Waals surface area contributed by atoms with Crippen LogP contribution in [0.2, 0.25) is 0 Å². The average molecular weight is 310 g/mol. The van der Waals surface area contributed by atoms with E-state index in [0.29, 0.717) is 11.3 Å². The van der Waals surface area contributed by atoms with Gasteiger partial charge in [0.1, 0.15) is 17.3 Å². The highest BCUT2D eigenvalue weighted by atomic mass is 32.2. The highest BCUT2D eigenvalue weighted by Gasteiger charge is 2.21. The highest BCUT2D eigenvalue weighted by molar-refractivity contribution is 7.90. The van der Waals surface area contributed by atoms with Crippen LogP contribution in [0.4, 0.5) is 0 Å². The van der Waals surface area contributed by atoms with Gasteiger partial charge in [-0.25, -0.2) is 13.2 Å². The number of methoxy groups -OCH3 is 1. The molecular weight excluding hydrogens is 296 g/mol. The summed E-state index contributed by atoms with van der Waals surface area (Å²) in [4.78, 5) is 11.0. The van der Waals surface area contributed by atoms with Crippen LogP contribution >= 0.6 is 0 Å². The second-order valence-electron chi connectivity index (χ2n) is 4.46. The number of aryl methyl sites for hydroxylation is 1. The van der Waals surface area contributed by atoms with Gasteiger partial charge in [-0.3, -0.25) is 0 Å². The van der Waals surface area contributed by atoms with Crippen LogP contribution in [-0.4, -0.2) is 26.6 Å². The third kappa shape index (κ3) is 3.25. The van der Waals surface area contributed by atoms with Crippen LogP contribution in [-0.2, 0) is 15.6 Å². The van der Waals surface area contributed by atoms with Crippen molar-refractivity contribution < 1.29 is 27.5 Å². The molecule has 0 aliphatic carbocycles. The summed E-state index contributed by atoms with van der Waals surface area (Å²) < 4.78 is 34.5. The van der Waals surface area contributed by atoms with E-state index in [-0.39, 0.29) is 16.4 Å². The van der Waals surface area contributed by atoms with E-state index in [1.165, 1.54) is 25.3 Å². The first kappa shape index (κ1) is 15.1. The van der Waals surface area contributed by atoms with Crippen molar-refractivity contribution in [3.8, 4) is 5.75 Å². The number of hydrogen-bond acceptors (Lipinski definition) is 5. The smallest absolute Gasteiger partial charge is 0.372 e. The molecule has 0 spiro atoms. The first-order chi connectivity index (χ1) is 9.83. The van der Waals surface area contributed by atoms with Gasteiger partial charge >= 0.3 is 5.97 Å². The topological polar surface area (TPSA) is 93.8 Å². The van der Waals surface area contributed by atoms with Crippen LogP contribution < -0.4 is 4.74 Å². The lowest BCUT2D eigenvalue weighted by Gasteiger charge is -2.04. The van der Waals surface area contributed by atoms with Crippen molar-refractivity contribution in [2.75, 3.05) is 7.11 Å². The minimum Gasteiger partial charge on any atom is -0.497 e. The number of sulfone groups is 1. The fourth-order valence-electron chi connectivity index (χ4n) is 1.89. The molecule has 1 N–H and O–H groups in total. The van der Waals surface area contributed by atoms with E-state index in [9.17, 15) is 13.2 Å². The number of carboxylic acids is 1. The lowest BCUT2D eigenvalue weighted by Crippen LogP contribution is -2.04. The molecular formula is C14H14O6S. The van der Waals surface area contributed by atoms with E-state index in [1.54, 1.807) is 19.1 Å². The summed E-state index contributed by atoms with van der Waals surface area (Å²) in [6.45, 7) is 1.55. The van der Waals surface area contributed by atoms with Gasteiger partial charge in [-0.1, -0.05) is 0 Å². The zero-order valence-electron chi connectivity index (χ0n) is 11.5. The Kier molecular flexibility index (Phi) is 4.04. The molecule has 6 nitrogen and oxygen atoms in total. The van der Waals surface area contributed by atoms with Crippen LogP contribution in [0.25, 0.3) is 0 Å². The summed E-state index contributed by atoms with van der Waals surface area (Å²) in [5, 5.41) is 8.89. The number of hydrogen-bond donors (Lipinski definition) is 1. The van der Waals surface area contributed by atoms with Crippen molar-refractivity contribution in [2.45, 2.75) is 17.6 Å². The van der Waals surface area contributed by atoms with Crippen LogP contribution in [0.3, 0.4) is 0 Å². The van der Waals surface area contributed by atoms with E-state index in [0.717, 1.165) is 0 Å². The highest BCUT2D eigenvalue weighted by Crippen LogP contribution is 2.22. The molecule has 7 heteroatoms. The van der Waals surface area contributed by atoms with Crippen molar-refractivity contribution >= 4 is 15.8 Å². The standard InChI is InChI=1S/C14H14O6S/c1-9-7-11(20-13(9)14(15)16)8-21(17,18)12-5-3-10(19-2)4-6-12/h3-7H,8H2,1-2H3,(H,15,16). The normalized spacial score (nSPS) is 11.3. The molecule has 0 fully saturated rings. The number of aromatic carboxylic acids is 1. The van der Waals surface area contributed by atoms with Gasteiger partial charge in [-0.2, -0.15) is 0 Å². The van der Waals surface area contributed by atoms with Gasteiger partial charge in [-0.15, -0.1) is 0 Å². The average Bonchev–Trinajstić information content (AvgIpc) is 2.79. The summed E-state index contributed by atoms with van der Waals surface area (Å²) in [7, 11) is -2.12. The summed E-state index contributed by atoms with van der Waals surface area (Å²) >= 11 is 0. The predicted molar refractivity (Wildman–Crippen MR) is 74.3 cm³/mol. The molecule has 112 valence electrons. The van der Waals surface area contributed by atoms with Gasteiger partial charge in [-0.05, 0) is 37.3 Å². The molecule has 0 radical (unpaired) electrons. The van der Waals surface area contributed by atoms with Crippen molar-refractivity contribution in [2.24, 2.45) is 0 Å². The van der Waals surface area contributed by atoms with Gasteiger partial charge in [0, 0.05) is 5.56 Å². The second-order valence-corrected chi connectivity index (χ2v) is 6.45. The summed E-state index contributed by atoms with van der Waals surface area (Å²) in [5.74, 6) is -1.21. The maximum Gasteiger partial charge on any atom is 0.372 e. The number of carbonyl (C=O) groups is 1. The SMILES string of the molecule is COc1ccc(S(=O)(=O)Cc2cc(C)c(C(=O)O)o2)cc1. The van der Waals surface area contributed by atoms with Crippen molar-refractivity contribution in [3.05, 3.63) is 47.4 Å². The molecule has 2 rings (SSSR count). The number of benzene rings is 1. The van der Waals surface area contributed by atoms with Crippen molar-refractivity contribution in [3.63, 3.8) is 0 Å². The molecule has 0 unspecified atom stereocenters. The molecule has 2 aromatic rings. The molecule has 1 aromatic carbocycles. The molecule has 0 aliphatic heterocycles. The first-order valence-electron chi connectivity index (χ1n) is 6.03. The van der Waals surface area contributed by atoms with E-state index < -0.39 is 21.6 Å². The summed E-state index contributed by atoms with van der Waals surface area (Å²) in [5.41, 5.74) is 0.391. The Labute approximate surface area is 121 Å². The lowest BCUT2D eigenvalue weighted by atomic mass is 10.3. The Hall–Kier alpha value is -2.28. The van der Waals surface area contributed by atoms with Crippen LogP contribution in [0.1, 0.15) is 21.9 Å². The molecule has 1 heterocycles. The Balaban J connectivity index is 2.28. The number of furan rings is 1. The minimum absolute atomic E-state index is 0.0979. The van der Waals surface area contributed by atoms with Gasteiger partial charge in [0.15, 0.2) is 9.84 Å². The van der Waals surface area contributed by atoms with E-state index >= 15 is 0 Å². The van der Waals surface area contributed by atoms with Gasteiger partial charge in [0.25, 0.3) is 0 Å². The molecule has 1 aromatic heterocycles. The number of rotatable bonds is 5. The Morgan fingerprint density at radius 3 is 2.38 bits per heavy atom. The predicted octanol–water partition coefficient (Wildman–Crippen LogP) is 2.27. The molecule has 0 atom stereocenters. The van der Waals surface area contributed by atoms with Crippen molar-refractivity contribution in [1.29, 1.82) is 0 Å². The zero-order valence-corrected chi connectivity index (χ0v) is 12.3. The van der Waals surface area contributed by atoms with Crippen LogP contribution in [0.5, 0.6) is 5.75 Å². The second kappa shape index (κ2) is 5.61. The Morgan fingerprint density at radius 1 is 1.29 bits per heavy atom. The van der Waals surface area contributed by atoms with E-state index in [4.69, 9.17) is 14.3 Å². The minimum atomic E-state index is -3.61. The number of ether oxygens (including phenoxy) is 1. The molecule has 0 bridgehead atoms. The molecule has 0 saturated heterocycles. The largest absolute Gasteiger partial charge is 0.497 e. The fourth-order valence-corrected chi connectivity index (χ4v) is 3.12. The third-order valence-corrected chi connectivity index (χ3v) is 4.57. The van der Waals surface area contributed by atoms with Crippen LogP contribution in [0, 0.1) is 6.92 Å². The van der Waals surface area contributed by atoms with Gasteiger partial charge in [0.05, 0.1) is 12.0 Å². The van der Waals surface area contributed by atoms with E-state index in [1.807, 2.05) is 0 Å². The quantitative estimate of drug-likeness (QED) is 0.910. The third-order valence-electron chi connectivity index (χ3n) is 2.91. The Bertz CT molecular complexity index is 755. The van der Waals surface area contributed by atoms with Gasteiger partial charge in [0.2, 0.25) is 5.76 Å². The number of carboxylic acid groups (broad SMARTS) is 1. The molecule has 0 aliphatic rings. The zero-order chi connectivity index (χ0) is 15.6. The summed E-state index contributed by atoms with van der Waals surface area (Å²) in [6, 6.07) is 7.38. The van der Waals surface area contributed by atoms with E-state index in [2.05, 4.69) is 0 Å². The monoisotopic (exact) mass is 310 g/mol. The molecule has 0 saturated carbocycles. The molecule has 21 heavy (non-hydrogen) atoms. The Morgan fingerprint density at radius 2 is 1.90 bits per heavy atom. The van der Waals surface area contributed by atoms with Gasteiger partial charge < -0.3 is 14.3 Å². The van der Waals surface area contributed by atoms with Crippen LogP contribution in [0.15, 0.2) is 39.6 Å². The lowest BCUT2D eigenvalue weighted by molar-refractivity contribution is 0.0659. The maximum atomic E-state index is 12.2. The molecule has 0 amide bonds. The first-order valence-corrected chi connectivity index (χ1v) is 7.68. The summed E-state index contributed by atoms with van der Waals surface area (Å²) in [6.07, 6.45) is 0. The maximum absolute atomic E-state index is 12.2. The van der Waals surface area contributed by atoms with Crippen molar-refractivity contribution in [1.82, 2.24) is 0 Å².